The Morgan fingerprint density at radius 3 is 2.17 bits per heavy atom. The van der Waals surface area contributed by atoms with Gasteiger partial charge in [0.25, 0.3) is 0 Å². The monoisotopic (exact) mass is 405 g/mol. The van der Waals surface area contributed by atoms with Crippen molar-refractivity contribution in [2.45, 2.75) is 26.3 Å². The van der Waals surface area contributed by atoms with Crippen LogP contribution in [0.5, 0.6) is 0 Å². The Labute approximate surface area is 180 Å². The van der Waals surface area contributed by atoms with Crippen molar-refractivity contribution in [2.75, 3.05) is 0 Å². The van der Waals surface area contributed by atoms with Gasteiger partial charge in [0.2, 0.25) is 0 Å². The summed E-state index contributed by atoms with van der Waals surface area (Å²) in [6.07, 6.45) is 0. The van der Waals surface area contributed by atoms with Gasteiger partial charge in [0.05, 0.1) is 0 Å². The van der Waals surface area contributed by atoms with Crippen LogP contribution in [0.15, 0.2) is 84.9 Å². The van der Waals surface area contributed by atoms with Crippen molar-refractivity contribution >= 4 is 53.3 Å². The molecule has 0 saturated carbocycles. The molecule has 0 spiro atoms. The van der Waals surface area contributed by atoms with Crippen molar-refractivity contribution in [2.24, 2.45) is 0 Å². The highest BCUT2D eigenvalue weighted by Crippen LogP contribution is 2.42. The second-order valence-corrected chi connectivity index (χ2v) is 10.1. The molecule has 0 fully saturated rings. The molecular weight excluding hydrogens is 382 g/mol. The van der Waals surface area contributed by atoms with E-state index in [4.69, 9.17) is 0 Å². The van der Waals surface area contributed by atoms with Gasteiger partial charge in [-0.15, -0.1) is 11.3 Å². The number of rotatable bonds is 1. The minimum Gasteiger partial charge on any atom is -0.335 e. The lowest BCUT2D eigenvalue weighted by atomic mass is 9.98. The van der Waals surface area contributed by atoms with Crippen molar-refractivity contribution in [3.05, 3.63) is 84.9 Å². The van der Waals surface area contributed by atoms with Gasteiger partial charge in [-0.2, -0.15) is 0 Å². The molecule has 0 aliphatic rings. The van der Waals surface area contributed by atoms with Crippen molar-refractivity contribution in [3.8, 4) is 11.1 Å². The van der Waals surface area contributed by atoms with Gasteiger partial charge in [-0.25, -0.2) is 0 Å². The molecule has 0 bridgehead atoms. The Morgan fingerprint density at radius 2 is 1.33 bits per heavy atom. The highest BCUT2D eigenvalue weighted by molar-refractivity contribution is 7.25. The van der Waals surface area contributed by atoms with Gasteiger partial charge in [0, 0.05) is 47.5 Å². The zero-order valence-corrected chi connectivity index (χ0v) is 18.3. The topological polar surface area (TPSA) is 4.93 Å². The van der Waals surface area contributed by atoms with Gasteiger partial charge in [0.15, 0.2) is 0 Å². The third kappa shape index (κ3) is 2.47. The van der Waals surface area contributed by atoms with Gasteiger partial charge >= 0.3 is 0 Å². The third-order valence-electron chi connectivity index (χ3n) is 6.06. The van der Waals surface area contributed by atoms with E-state index in [9.17, 15) is 0 Å². The first-order valence-corrected chi connectivity index (χ1v) is 11.3. The fraction of sp³-hybridized carbons (Fsp3) is 0.143. The van der Waals surface area contributed by atoms with E-state index in [1.807, 2.05) is 11.3 Å². The summed E-state index contributed by atoms with van der Waals surface area (Å²) >= 11 is 1.88. The van der Waals surface area contributed by atoms with Gasteiger partial charge in [0.1, 0.15) is 0 Å². The first-order valence-electron chi connectivity index (χ1n) is 10.5. The molecule has 2 heteroatoms. The van der Waals surface area contributed by atoms with E-state index in [0.29, 0.717) is 0 Å². The van der Waals surface area contributed by atoms with Gasteiger partial charge in [-0.05, 0) is 62.2 Å². The molecule has 0 amide bonds. The summed E-state index contributed by atoms with van der Waals surface area (Å²) in [5, 5.41) is 5.38. The van der Waals surface area contributed by atoms with E-state index in [0.717, 1.165) is 0 Å². The van der Waals surface area contributed by atoms with Crippen LogP contribution in [0.25, 0.3) is 53.1 Å². The maximum Gasteiger partial charge on any atom is 0.0496 e. The predicted octanol–water partition coefficient (Wildman–Crippen LogP) is 8.58. The number of benzene rings is 4. The minimum absolute atomic E-state index is 0.0203. The third-order valence-corrected chi connectivity index (χ3v) is 7.19. The SMILES string of the molecule is CC(C)(C)n1c2ccccc2c2cc(-c3cccc4sc5ccccc5c34)ccc21. The summed E-state index contributed by atoms with van der Waals surface area (Å²) in [6, 6.07) is 31.2. The summed E-state index contributed by atoms with van der Waals surface area (Å²) in [5.74, 6) is 0. The molecule has 2 heterocycles. The molecule has 2 aromatic heterocycles. The Morgan fingerprint density at radius 1 is 0.633 bits per heavy atom. The first-order chi connectivity index (χ1) is 14.5. The van der Waals surface area contributed by atoms with Gasteiger partial charge in [-0.3, -0.25) is 0 Å². The van der Waals surface area contributed by atoms with E-state index >= 15 is 0 Å². The van der Waals surface area contributed by atoms with Gasteiger partial charge in [-0.1, -0.05) is 54.6 Å². The smallest absolute Gasteiger partial charge is 0.0496 e. The Bertz CT molecular complexity index is 1570. The summed E-state index contributed by atoms with van der Waals surface area (Å²) < 4.78 is 5.18. The zero-order valence-electron chi connectivity index (χ0n) is 17.4. The van der Waals surface area contributed by atoms with Crippen LogP contribution in [-0.2, 0) is 5.54 Å². The average molecular weight is 406 g/mol. The number of para-hydroxylation sites is 1. The highest BCUT2D eigenvalue weighted by Gasteiger charge is 2.21. The predicted molar refractivity (Wildman–Crippen MR) is 133 cm³/mol. The van der Waals surface area contributed by atoms with Crippen LogP contribution in [0.3, 0.4) is 0 Å². The molecule has 6 aromatic rings. The first kappa shape index (κ1) is 17.7. The van der Waals surface area contributed by atoms with Crippen molar-refractivity contribution in [1.82, 2.24) is 4.57 Å². The molecule has 146 valence electrons. The van der Waals surface area contributed by atoms with Crippen LogP contribution in [0.4, 0.5) is 0 Å². The molecule has 0 aliphatic heterocycles. The van der Waals surface area contributed by atoms with Crippen molar-refractivity contribution in [1.29, 1.82) is 0 Å². The quantitative estimate of drug-likeness (QED) is 0.258. The van der Waals surface area contributed by atoms with Crippen LogP contribution in [-0.4, -0.2) is 4.57 Å². The summed E-state index contributed by atoms with van der Waals surface area (Å²) in [4.78, 5) is 0. The van der Waals surface area contributed by atoms with Crippen LogP contribution in [0.2, 0.25) is 0 Å². The van der Waals surface area contributed by atoms with Crippen LogP contribution in [0.1, 0.15) is 20.8 Å². The Hall–Kier alpha value is -3.10. The average Bonchev–Trinajstić information content (AvgIpc) is 3.28. The molecule has 30 heavy (non-hydrogen) atoms. The van der Waals surface area contributed by atoms with Gasteiger partial charge < -0.3 is 4.57 Å². The van der Waals surface area contributed by atoms with Crippen LogP contribution < -0.4 is 0 Å². The lowest BCUT2D eigenvalue weighted by Gasteiger charge is -2.24. The lowest BCUT2D eigenvalue weighted by Crippen LogP contribution is -2.21. The number of fused-ring (bicyclic) bond motifs is 6. The molecule has 6 rings (SSSR count). The molecule has 0 unspecified atom stereocenters. The van der Waals surface area contributed by atoms with Crippen LogP contribution in [0, 0.1) is 0 Å². The fourth-order valence-corrected chi connectivity index (χ4v) is 6.01. The largest absolute Gasteiger partial charge is 0.335 e. The molecule has 4 aromatic carbocycles. The molecule has 0 atom stereocenters. The van der Waals surface area contributed by atoms with Crippen molar-refractivity contribution < 1.29 is 0 Å². The number of hydrogen-bond donors (Lipinski definition) is 0. The van der Waals surface area contributed by atoms with Crippen LogP contribution >= 0.6 is 11.3 Å². The van der Waals surface area contributed by atoms with E-state index in [1.54, 1.807) is 0 Å². The number of nitrogens with zero attached hydrogens (tertiary/aromatic N) is 1. The maximum absolute atomic E-state index is 2.47. The van der Waals surface area contributed by atoms with Crippen molar-refractivity contribution in [3.63, 3.8) is 0 Å². The molecule has 0 saturated heterocycles. The van der Waals surface area contributed by atoms with E-state index < -0.39 is 0 Å². The fourth-order valence-electron chi connectivity index (χ4n) is 4.88. The van der Waals surface area contributed by atoms with E-state index in [-0.39, 0.29) is 5.54 Å². The molecule has 0 radical (unpaired) electrons. The molecule has 0 N–H and O–H groups in total. The number of hydrogen-bond acceptors (Lipinski definition) is 1. The normalized spacial score (nSPS) is 12.5. The molecule has 0 aliphatic carbocycles. The molecular formula is C28H23NS. The second kappa shape index (κ2) is 6.20. The number of thiophene rings is 1. The minimum atomic E-state index is 0.0203. The summed E-state index contributed by atoms with van der Waals surface area (Å²) in [5.41, 5.74) is 5.23. The number of aromatic nitrogens is 1. The summed E-state index contributed by atoms with van der Waals surface area (Å²) in [6.45, 7) is 6.85. The maximum atomic E-state index is 2.47. The zero-order chi connectivity index (χ0) is 20.5. The summed E-state index contributed by atoms with van der Waals surface area (Å²) in [7, 11) is 0. The molecule has 1 nitrogen and oxygen atoms in total. The highest BCUT2D eigenvalue weighted by atomic mass is 32.1. The second-order valence-electron chi connectivity index (χ2n) is 9.03. The Balaban J connectivity index is 1.71. The van der Waals surface area contributed by atoms with E-state index in [2.05, 4.69) is 110 Å². The standard InChI is InChI=1S/C28H23NS/c1-28(2,3)29-23-12-6-4-9-20(23)22-17-18(15-16-24(22)29)19-11-8-14-26-27(19)21-10-5-7-13-25(21)30-26/h4-17H,1-3H3. The lowest BCUT2D eigenvalue weighted by molar-refractivity contribution is 0.423. The Kier molecular flexibility index (Phi) is 3.66. The van der Waals surface area contributed by atoms with E-state index in [1.165, 1.54) is 53.1 Å².